The van der Waals surface area contributed by atoms with Crippen molar-refractivity contribution in [1.29, 1.82) is 0 Å². The van der Waals surface area contributed by atoms with Crippen LogP contribution < -0.4 is 14.2 Å². The smallest absolute Gasteiger partial charge is 0.343 e. The fourth-order valence-corrected chi connectivity index (χ4v) is 4.30. The van der Waals surface area contributed by atoms with Crippen molar-refractivity contribution in [2.24, 2.45) is 11.8 Å². The Bertz CT molecular complexity index is 1130. The van der Waals surface area contributed by atoms with E-state index >= 15 is 0 Å². The van der Waals surface area contributed by atoms with Crippen molar-refractivity contribution in [2.75, 3.05) is 13.2 Å². The molecule has 3 rings (SSSR count). The van der Waals surface area contributed by atoms with Crippen LogP contribution in [0.25, 0.3) is 0 Å². The van der Waals surface area contributed by atoms with Crippen LogP contribution in [0.15, 0.2) is 55.1 Å². The predicted molar refractivity (Wildman–Crippen MR) is 145 cm³/mol. The molecular formula is C31H36O8. The molecule has 0 bridgehead atoms. The minimum Gasteiger partial charge on any atom is -0.494 e. The first-order valence-electron chi connectivity index (χ1n) is 13.4. The first kappa shape index (κ1) is 29.6. The van der Waals surface area contributed by atoms with Gasteiger partial charge in [-0.2, -0.15) is 0 Å². The van der Waals surface area contributed by atoms with Crippen LogP contribution in [0.3, 0.4) is 0 Å². The topological polar surface area (TPSA) is 105 Å². The highest BCUT2D eigenvalue weighted by molar-refractivity contribution is 5.93. The van der Waals surface area contributed by atoms with Crippen LogP contribution in [0.1, 0.15) is 79.0 Å². The number of ether oxygens (including phenoxy) is 4. The molecule has 0 heterocycles. The Kier molecular flexibility index (Phi) is 11.7. The van der Waals surface area contributed by atoms with Gasteiger partial charge in [-0.15, -0.1) is 0 Å². The van der Waals surface area contributed by atoms with E-state index in [1.807, 2.05) is 0 Å². The van der Waals surface area contributed by atoms with E-state index in [4.69, 9.17) is 18.9 Å². The summed E-state index contributed by atoms with van der Waals surface area (Å²) in [5, 5.41) is 0. The average molecular weight is 537 g/mol. The monoisotopic (exact) mass is 536 g/mol. The molecular weight excluding hydrogens is 500 g/mol. The number of carbonyl (C=O) groups is 4. The maximum absolute atomic E-state index is 12.6. The minimum absolute atomic E-state index is 0.0841. The Balaban J connectivity index is 1.43. The number of hydrogen-bond donors (Lipinski definition) is 0. The summed E-state index contributed by atoms with van der Waals surface area (Å²) in [6, 6.07) is 10.9. The summed E-state index contributed by atoms with van der Waals surface area (Å²) in [7, 11) is 0. The Morgan fingerprint density at radius 1 is 0.872 bits per heavy atom. The van der Waals surface area contributed by atoms with Crippen molar-refractivity contribution in [2.45, 2.75) is 58.3 Å². The standard InChI is InChI=1S/C31H36O8/c1-3-29(33)37-19-7-5-4-6-18-36-26-14-12-24(13-15-26)31(35)39-28-17-16-27(20-25(28)21-32)38-30(34)23-10-8-22(2)9-11-23/h3,12-17,20-23H,1,4-11,18-19H2,2H3. The fourth-order valence-electron chi connectivity index (χ4n) is 4.30. The second kappa shape index (κ2) is 15.5. The van der Waals surface area contributed by atoms with Crippen LogP contribution in [0.5, 0.6) is 17.2 Å². The lowest BCUT2D eigenvalue weighted by molar-refractivity contribution is -0.140. The van der Waals surface area contributed by atoms with Gasteiger partial charge in [0.05, 0.1) is 30.3 Å². The van der Waals surface area contributed by atoms with Gasteiger partial charge in [-0.25, -0.2) is 9.59 Å². The van der Waals surface area contributed by atoms with E-state index in [1.165, 1.54) is 18.2 Å². The SMILES string of the molecule is C=CC(=O)OCCCCCCOc1ccc(C(=O)Oc2ccc(OC(=O)C3CCC(C)CC3)cc2C=O)cc1. The lowest BCUT2D eigenvalue weighted by Crippen LogP contribution is -2.25. The molecule has 1 aliphatic carbocycles. The normalized spacial score (nSPS) is 16.5. The third-order valence-corrected chi connectivity index (χ3v) is 6.69. The first-order chi connectivity index (χ1) is 18.9. The van der Waals surface area contributed by atoms with Crippen molar-refractivity contribution in [3.8, 4) is 17.2 Å². The van der Waals surface area contributed by atoms with E-state index in [9.17, 15) is 19.2 Å². The van der Waals surface area contributed by atoms with Gasteiger partial charge in [0.1, 0.15) is 17.2 Å². The lowest BCUT2D eigenvalue weighted by atomic mass is 9.83. The second-order valence-electron chi connectivity index (χ2n) is 9.74. The summed E-state index contributed by atoms with van der Waals surface area (Å²) in [5.74, 6) is 0.122. The molecule has 39 heavy (non-hydrogen) atoms. The highest BCUT2D eigenvalue weighted by Gasteiger charge is 2.26. The summed E-state index contributed by atoms with van der Waals surface area (Å²) in [6.45, 7) is 6.44. The Hall–Kier alpha value is -3.94. The van der Waals surface area contributed by atoms with Gasteiger partial charge < -0.3 is 18.9 Å². The highest BCUT2D eigenvalue weighted by Crippen LogP contribution is 2.30. The van der Waals surface area contributed by atoms with E-state index < -0.39 is 11.9 Å². The maximum atomic E-state index is 12.6. The van der Waals surface area contributed by atoms with Crippen LogP contribution in [0, 0.1) is 11.8 Å². The van der Waals surface area contributed by atoms with E-state index in [0.717, 1.165) is 57.4 Å². The van der Waals surface area contributed by atoms with Gasteiger partial charge in [-0.3, -0.25) is 9.59 Å². The molecule has 0 unspecified atom stereocenters. The molecule has 0 aliphatic heterocycles. The summed E-state index contributed by atoms with van der Waals surface area (Å²) >= 11 is 0. The van der Waals surface area contributed by atoms with Crippen molar-refractivity contribution in [1.82, 2.24) is 0 Å². The first-order valence-corrected chi connectivity index (χ1v) is 13.4. The number of aldehydes is 1. The molecule has 8 nitrogen and oxygen atoms in total. The van der Waals surface area contributed by atoms with Gasteiger partial charge in [0, 0.05) is 6.08 Å². The van der Waals surface area contributed by atoms with E-state index in [0.29, 0.717) is 36.7 Å². The van der Waals surface area contributed by atoms with Crippen LogP contribution in [0.2, 0.25) is 0 Å². The molecule has 8 heteroatoms. The Morgan fingerprint density at radius 3 is 2.21 bits per heavy atom. The molecule has 2 aromatic carbocycles. The zero-order valence-electron chi connectivity index (χ0n) is 22.4. The third kappa shape index (κ3) is 9.71. The van der Waals surface area contributed by atoms with E-state index in [-0.39, 0.29) is 28.9 Å². The summed E-state index contributed by atoms with van der Waals surface area (Å²) in [5.41, 5.74) is 0.417. The molecule has 208 valence electrons. The molecule has 0 N–H and O–H groups in total. The third-order valence-electron chi connectivity index (χ3n) is 6.69. The molecule has 0 atom stereocenters. The van der Waals surface area contributed by atoms with E-state index in [1.54, 1.807) is 24.3 Å². The quantitative estimate of drug-likeness (QED) is 0.0935. The van der Waals surface area contributed by atoms with Gasteiger partial charge in [0.25, 0.3) is 0 Å². The largest absolute Gasteiger partial charge is 0.494 e. The average Bonchev–Trinajstić information content (AvgIpc) is 2.95. The van der Waals surface area contributed by atoms with Gasteiger partial charge in [-0.1, -0.05) is 13.5 Å². The van der Waals surface area contributed by atoms with Gasteiger partial charge in [0.2, 0.25) is 0 Å². The molecule has 0 radical (unpaired) electrons. The second-order valence-corrected chi connectivity index (χ2v) is 9.74. The Morgan fingerprint density at radius 2 is 1.54 bits per heavy atom. The van der Waals surface area contributed by atoms with Crippen LogP contribution >= 0.6 is 0 Å². The molecule has 0 saturated heterocycles. The Labute approximate surface area is 229 Å². The zero-order chi connectivity index (χ0) is 28.0. The van der Waals surface area contributed by atoms with Crippen LogP contribution in [-0.2, 0) is 14.3 Å². The van der Waals surface area contributed by atoms with Crippen LogP contribution in [-0.4, -0.2) is 37.4 Å². The van der Waals surface area contributed by atoms with E-state index in [2.05, 4.69) is 13.5 Å². The molecule has 1 saturated carbocycles. The molecule has 0 aromatic heterocycles. The fraction of sp³-hybridized carbons (Fsp3) is 0.419. The molecule has 0 amide bonds. The number of benzene rings is 2. The molecule has 0 spiro atoms. The van der Waals surface area contributed by atoms with Crippen molar-refractivity contribution in [3.05, 3.63) is 66.2 Å². The zero-order valence-corrected chi connectivity index (χ0v) is 22.4. The summed E-state index contributed by atoms with van der Waals surface area (Å²) in [6.07, 6.45) is 8.81. The summed E-state index contributed by atoms with van der Waals surface area (Å²) in [4.78, 5) is 47.7. The van der Waals surface area contributed by atoms with Crippen molar-refractivity contribution in [3.63, 3.8) is 0 Å². The summed E-state index contributed by atoms with van der Waals surface area (Å²) < 4.78 is 21.6. The van der Waals surface area contributed by atoms with Gasteiger partial charge in [-0.05, 0) is 99.7 Å². The maximum Gasteiger partial charge on any atom is 0.343 e. The number of rotatable bonds is 14. The van der Waals surface area contributed by atoms with Crippen LogP contribution in [0.4, 0.5) is 0 Å². The predicted octanol–water partition coefficient (Wildman–Crippen LogP) is 6.12. The lowest BCUT2D eigenvalue weighted by Gasteiger charge is -2.24. The van der Waals surface area contributed by atoms with Crippen molar-refractivity contribution >= 4 is 24.2 Å². The highest BCUT2D eigenvalue weighted by atomic mass is 16.5. The van der Waals surface area contributed by atoms with Gasteiger partial charge in [0.15, 0.2) is 6.29 Å². The number of esters is 3. The minimum atomic E-state index is -0.622. The molecule has 1 aliphatic rings. The van der Waals surface area contributed by atoms with Crippen molar-refractivity contribution < 1.29 is 38.1 Å². The number of hydrogen-bond acceptors (Lipinski definition) is 8. The number of unbranched alkanes of at least 4 members (excludes halogenated alkanes) is 3. The molecule has 1 fully saturated rings. The molecule has 2 aromatic rings. The number of carbonyl (C=O) groups excluding carboxylic acids is 4. The van der Waals surface area contributed by atoms with Gasteiger partial charge >= 0.3 is 17.9 Å².